The summed E-state index contributed by atoms with van der Waals surface area (Å²) in [4.78, 5) is 36.6. The van der Waals surface area contributed by atoms with Gasteiger partial charge in [-0.1, -0.05) is 0 Å². The third kappa shape index (κ3) is 3.44. The Morgan fingerprint density at radius 1 is 0.929 bits per heavy atom. The number of nitrogens with one attached hydrogen (secondary N) is 2. The second-order valence-corrected chi connectivity index (χ2v) is 7.08. The molecule has 2 saturated carbocycles. The number of carboxylic acid groups (broad SMARTS) is 1. The van der Waals surface area contributed by atoms with Crippen molar-refractivity contribution in [2.75, 3.05) is 21.3 Å². The highest BCUT2D eigenvalue weighted by molar-refractivity contribution is 5.97. The zero-order valence-corrected chi connectivity index (χ0v) is 16.0. The molecule has 0 spiro atoms. The van der Waals surface area contributed by atoms with Crippen LogP contribution in [0.1, 0.15) is 29.6 Å². The fourth-order valence-electron chi connectivity index (χ4n) is 4.51. The lowest BCUT2D eigenvalue weighted by Gasteiger charge is -2.27. The maximum Gasteiger partial charge on any atom is 0.307 e. The summed E-state index contributed by atoms with van der Waals surface area (Å²) in [7, 11) is 4.32. The Bertz CT molecular complexity index is 769. The molecule has 1 aromatic carbocycles. The molecule has 1 aromatic rings. The number of fused-ring (bicyclic) bond motifs is 2. The van der Waals surface area contributed by atoms with Gasteiger partial charge in [0.2, 0.25) is 11.7 Å². The van der Waals surface area contributed by atoms with Crippen LogP contribution in [0.4, 0.5) is 0 Å². The zero-order valence-electron chi connectivity index (χ0n) is 16.0. The first kappa shape index (κ1) is 19.8. The molecular formula is C19H24N2O7. The molecule has 152 valence electrons. The van der Waals surface area contributed by atoms with E-state index in [0.29, 0.717) is 17.2 Å². The van der Waals surface area contributed by atoms with Crippen LogP contribution in [0, 0.1) is 23.7 Å². The summed E-state index contributed by atoms with van der Waals surface area (Å²) in [6, 6.07) is 2.92. The van der Waals surface area contributed by atoms with Crippen molar-refractivity contribution in [3.05, 3.63) is 17.7 Å². The van der Waals surface area contributed by atoms with E-state index in [1.165, 1.54) is 33.5 Å². The number of aliphatic carboxylic acids is 1. The summed E-state index contributed by atoms with van der Waals surface area (Å²) in [5.41, 5.74) is 4.92. The quantitative estimate of drug-likeness (QED) is 0.622. The van der Waals surface area contributed by atoms with E-state index in [9.17, 15) is 19.5 Å². The topological polar surface area (TPSA) is 123 Å². The van der Waals surface area contributed by atoms with Crippen molar-refractivity contribution in [2.24, 2.45) is 23.7 Å². The minimum absolute atomic E-state index is 0.0315. The van der Waals surface area contributed by atoms with Crippen LogP contribution in [-0.2, 0) is 9.59 Å². The van der Waals surface area contributed by atoms with E-state index in [1.807, 2.05) is 0 Å². The van der Waals surface area contributed by atoms with Crippen molar-refractivity contribution >= 4 is 17.8 Å². The van der Waals surface area contributed by atoms with Crippen LogP contribution in [0.2, 0.25) is 0 Å². The second kappa shape index (κ2) is 7.95. The lowest BCUT2D eigenvalue weighted by molar-refractivity contribution is -0.149. The number of methoxy groups -OCH3 is 3. The maximum absolute atomic E-state index is 12.6. The van der Waals surface area contributed by atoms with E-state index in [0.717, 1.165) is 19.3 Å². The predicted octanol–water partition coefficient (Wildman–Crippen LogP) is 1.22. The van der Waals surface area contributed by atoms with Gasteiger partial charge in [-0.25, -0.2) is 0 Å². The molecule has 0 aliphatic heterocycles. The summed E-state index contributed by atoms with van der Waals surface area (Å²) in [5, 5.41) is 9.47. The van der Waals surface area contributed by atoms with Crippen molar-refractivity contribution < 1.29 is 33.7 Å². The van der Waals surface area contributed by atoms with E-state index < -0.39 is 29.6 Å². The molecule has 2 fully saturated rings. The number of hydrazine groups is 1. The number of rotatable bonds is 6. The van der Waals surface area contributed by atoms with Gasteiger partial charge in [-0.15, -0.1) is 0 Å². The average Bonchev–Trinajstić information content (AvgIpc) is 3.32. The molecule has 2 amide bonds. The van der Waals surface area contributed by atoms with Crippen molar-refractivity contribution in [3.63, 3.8) is 0 Å². The van der Waals surface area contributed by atoms with Gasteiger partial charge < -0.3 is 19.3 Å². The first-order valence-corrected chi connectivity index (χ1v) is 9.04. The molecule has 9 heteroatoms. The van der Waals surface area contributed by atoms with Gasteiger partial charge in [0.15, 0.2) is 11.5 Å². The molecule has 0 aromatic heterocycles. The molecule has 28 heavy (non-hydrogen) atoms. The standard InChI is InChI=1S/C19H24N2O7/c1-26-12-7-11(8-13(27-2)16(12)28-3)17(22)20-21-18(23)14-9-4-5-10(6-9)15(14)19(24)25/h7-10,14-15H,4-6H2,1-3H3,(H,20,22)(H,21,23)(H,24,25)/t9-,10+,14+,15+/m1/s1. The third-order valence-corrected chi connectivity index (χ3v) is 5.73. The Kier molecular flexibility index (Phi) is 5.62. The fraction of sp³-hybridized carbons (Fsp3) is 0.526. The van der Waals surface area contributed by atoms with Gasteiger partial charge in [0.1, 0.15) is 0 Å². The molecule has 2 bridgehead atoms. The van der Waals surface area contributed by atoms with Gasteiger partial charge in [0, 0.05) is 5.56 Å². The lowest BCUT2D eigenvalue weighted by Crippen LogP contribution is -2.48. The van der Waals surface area contributed by atoms with Crippen molar-refractivity contribution in [1.82, 2.24) is 10.9 Å². The Balaban J connectivity index is 1.70. The zero-order chi connectivity index (χ0) is 20.4. The van der Waals surface area contributed by atoms with Crippen LogP contribution >= 0.6 is 0 Å². The van der Waals surface area contributed by atoms with E-state index >= 15 is 0 Å². The van der Waals surface area contributed by atoms with E-state index in [1.54, 1.807) is 0 Å². The van der Waals surface area contributed by atoms with Crippen molar-refractivity contribution in [2.45, 2.75) is 19.3 Å². The molecule has 0 saturated heterocycles. The number of amides is 2. The first-order chi connectivity index (χ1) is 13.4. The minimum atomic E-state index is -0.955. The number of carbonyl (C=O) groups excluding carboxylic acids is 2. The Morgan fingerprint density at radius 2 is 1.50 bits per heavy atom. The minimum Gasteiger partial charge on any atom is -0.493 e. The maximum atomic E-state index is 12.6. The van der Waals surface area contributed by atoms with Gasteiger partial charge in [-0.2, -0.15) is 0 Å². The van der Waals surface area contributed by atoms with Crippen molar-refractivity contribution in [3.8, 4) is 17.2 Å². The molecule has 3 N–H and O–H groups in total. The van der Waals surface area contributed by atoms with Crippen LogP contribution in [0.3, 0.4) is 0 Å². The average molecular weight is 392 g/mol. The van der Waals surface area contributed by atoms with E-state index in [-0.39, 0.29) is 17.4 Å². The first-order valence-electron chi connectivity index (χ1n) is 9.04. The summed E-state index contributed by atoms with van der Waals surface area (Å²) in [6.45, 7) is 0. The number of carboxylic acids is 1. The van der Waals surface area contributed by atoms with Crippen molar-refractivity contribution in [1.29, 1.82) is 0 Å². The van der Waals surface area contributed by atoms with Gasteiger partial charge in [-0.3, -0.25) is 25.2 Å². The molecule has 4 atom stereocenters. The lowest BCUT2D eigenvalue weighted by atomic mass is 9.79. The van der Waals surface area contributed by atoms with Crippen LogP contribution in [0.15, 0.2) is 12.1 Å². The second-order valence-electron chi connectivity index (χ2n) is 7.08. The largest absolute Gasteiger partial charge is 0.493 e. The number of hydrogen-bond acceptors (Lipinski definition) is 6. The molecule has 2 aliphatic rings. The molecule has 9 nitrogen and oxygen atoms in total. The molecule has 0 unspecified atom stereocenters. The number of carbonyl (C=O) groups is 3. The Hall–Kier alpha value is -2.97. The summed E-state index contributed by atoms with van der Waals surface area (Å²) in [6.07, 6.45) is 2.42. The van der Waals surface area contributed by atoms with Crippen LogP contribution in [0.25, 0.3) is 0 Å². The predicted molar refractivity (Wildman–Crippen MR) is 97.2 cm³/mol. The van der Waals surface area contributed by atoms with Gasteiger partial charge in [0.05, 0.1) is 33.2 Å². The Labute approximate surface area is 162 Å². The highest BCUT2D eigenvalue weighted by Gasteiger charge is 2.54. The van der Waals surface area contributed by atoms with Crippen LogP contribution in [0.5, 0.6) is 17.2 Å². The van der Waals surface area contributed by atoms with Gasteiger partial charge in [0.25, 0.3) is 5.91 Å². The SMILES string of the molecule is COc1cc(C(=O)NNC(=O)[C@H]2[C@@H]3CC[C@@H](C3)[C@@H]2C(=O)O)cc(OC)c1OC. The molecule has 3 rings (SSSR count). The summed E-state index contributed by atoms with van der Waals surface area (Å²) in [5.74, 6) is -2.31. The third-order valence-electron chi connectivity index (χ3n) is 5.73. The summed E-state index contributed by atoms with van der Waals surface area (Å²) >= 11 is 0. The smallest absolute Gasteiger partial charge is 0.307 e. The molecule has 2 aliphatic carbocycles. The highest BCUT2D eigenvalue weighted by atomic mass is 16.5. The van der Waals surface area contributed by atoms with E-state index in [4.69, 9.17) is 14.2 Å². The Morgan fingerprint density at radius 3 is 2.00 bits per heavy atom. The molecule has 0 radical (unpaired) electrons. The molecular weight excluding hydrogens is 368 g/mol. The number of benzene rings is 1. The number of hydrogen-bond donors (Lipinski definition) is 3. The van der Waals surface area contributed by atoms with Gasteiger partial charge >= 0.3 is 5.97 Å². The monoisotopic (exact) mass is 392 g/mol. The van der Waals surface area contributed by atoms with E-state index in [2.05, 4.69) is 10.9 Å². The van der Waals surface area contributed by atoms with Crippen LogP contribution in [-0.4, -0.2) is 44.2 Å². The van der Waals surface area contributed by atoms with Crippen LogP contribution < -0.4 is 25.1 Å². The highest BCUT2D eigenvalue weighted by Crippen LogP contribution is 2.52. The fourth-order valence-corrected chi connectivity index (χ4v) is 4.51. The number of ether oxygens (including phenoxy) is 3. The summed E-state index contributed by atoms with van der Waals surface area (Å²) < 4.78 is 15.6. The normalized spacial score (nSPS) is 25.1. The van der Waals surface area contributed by atoms with Gasteiger partial charge in [-0.05, 0) is 43.2 Å². The molecule has 0 heterocycles.